The molecule has 0 saturated carbocycles. The van der Waals surface area contributed by atoms with Crippen molar-refractivity contribution in [2.24, 2.45) is 0 Å². The molecular weight excluding hydrogens is 332 g/mol. The first-order valence-corrected chi connectivity index (χ1v) is 8.53. The lowest BCUT2D eigenvalue weighted by molar-refractivity contribution is 0.0977. The van der Waals surface area contributed by atoms with Crippen molar-refractivity contribution in [2.75, 3.05) is 7.11 Å². The predicted molar refractivity (Wildman–Crippen MR) is 102 cm³/mol. The average molecular weight is 351 g/mol. The third-order valence-corrected chi connectivity index (χ3v) is 4.53. The minimum atomic E-state index is -0.00642. The highest BCUT2D eigenvalue weighted by Crippen LogP contribution is 2.30. The van der Waals surface area contributed by atoms with E-state index < -0.39 is 0 Å². The Labute approximate surface area is 153 Å². The molecule has 0 bridgehead atoms. The molecule has 0 aliphatic rings. The maximum atomic E-state index is 12.8. The summed E-state index contributed by atoms with van der Waals surface area (Å²) in [7, 11) is 1.61. The van der Waals surface area contributed by atoms with Crippen LogP contribution in [-0.4, -0.2) is 12.9 Å². The highest BCUT2D eigenvalue weighted by molar-refractivity contribution is 6.30. The van der Waals surface area contributed by atoms with E-state index >= 15 is 0 Å². The smallest absolute Gasteiger partial charge is 0.163 e. The van der Waals surface area contributed by atoms with Gasteiger partial charge in [-0.1, -0.05) is 54.1 Å². The van der Waals surface area contributed by atoms with Gasteiger partial charge in [0, 0.05) is 22.9 Å². The van der Waals surface area contributed by atoms with E-state index in [4.69, 9.17) is 16.3 Å². The van der Waals surface area contributed by atoms with Gasteiger partial charge >= 0.3 is 0 Å². The number of methoxy groups -OCH3 is 1. The average Bonchev–Trinajstić information content (AvgIpc) is 2.67. The van der Waals surface area contributed by atoms with Crippen LogP contribution in [0.3, 0.4) is 0 Å². The van der Waals surface area contributed by atoms with Gasteiger partial charge in [-0.05, 0) is 47.5 Å². The summed E-state index contributed by atoms with van der Waals surface area (Å²) in [6.45, 7) is 0. The van der Waals surface area contributed by atoms with Crippen molar-refractivity contribution in [3.63, 3.8) is 0 Å². The summed E-state index contributed by atoms with van der Waals surface area (Å²) in [6.07, 6.45) is 0.401. The lowest BCUT2D eigenvalue weighted by atomic mass is 9.86. The molecule has 0 N–H and O–H groups in total. The van der Waals surface area contributed by atoms with Crippen LogP contribution in [0.1, 0.15) is 33.8 Å². The molecule has 3 rings (SSSR count). The minimum Gasteiger partial charge on any atom is -0.497 e. The molecule has 126 valence electrons. The number of ketones is 1. The fraction of sp³-hybridized carbons (Fsp3) is 0.136. The molecule has 25 heavy (non-hydrogen) atoms. The molecule has 0 aromatic heterocycles. The Morgan fingerprint density at radius 1 is 0.880 bits per heavy atom. The van der Waals surface area contributed by atoms with Gasteiger partial charge in [-0.3, -0.25) is 4.79 Å². The largest absolute Gasteiger partial charge is 0.497 e. The highest BCUT2D eigenvalue weighted by Gasteiger charge is 2.19. The summed E-state index contributed by atoms with van der Waals surface area (Å²) < 4.78 is 5.16. The van der Waals surface area contributed by atoms with Crippen LogP contribution in [0.25, 0.3) is 0 Å². The van der Waals surface area contributed by atoms with Crippen LogP contribution in [0.15, 0.2) is 78.9 Å². The Balaban J connectivity index is 1.89. The molecule has 0 amide bonds. The second kappa shape index (κ2) is 8.00. The number of carbonyl (C=O) groups is 1. The summed E-state index contributed by atoms with van der Waals surface area (Å²) in [5.41, 5.74) is 2.89. The molecule has 0 heterocycles. The van der Waals surface area contributed by atoms with Gasteiger partial charge in [-0.2, -0.15) is 0 Å². The van der Waals surface area contributed by atoms with Crippen molar-refractivity contribution in [3.05, 3.63) is 101 Å². The quantitative estimate of drug-likeness (QED) is 0.529. The van der Waals surface area contributed by atoms with E-state index in [0.717, 1.165) is 16.9 Å². The van der Waals surface area contributed by atoms with Crippen LogP contribution in [0.4, 0.5) is 0 Å². The van der Waals surface area contributed by atoms with E-state index in [-0.39, 0.29) is 11.7 Å². The molecule has 0 spiro atoms. The summed E-state index contributed by atoms with van der Waals surface area (Å²) in [5, 5.41) is 0.692. The van der Waals surface area contributed by atoms with Crippen LogP contribution in [0.5, 0.6) is 5.75 Å². The number of halogens is 1. The summed E-state index contributed by atoms with van der Waals surface area (Å²) in [5.74, 6) is 0.841. The Hall–Kier alpha value is -2.58. The molecule has 0 aliphatic heterocycles. The van der Waals surface area contributed by atoms with Gasteiger partial charge in [0.25, 0.3) is 0 Å². The Morgan fingerprint density at radius 3 is 2.08 bits per heavy atom. The predicted octanol–water partition coefficient (Wildman–Crippen LogP) is 5.75. The number of hydrogen-bond donors (Lipinski definition) is 0. The van der Waals surface area contributed by atoms with E-state index in [1.807, 2.05) is 66.7 Å². The van der Waals surface area contributed by atoms with E-state index in [2.05, 4.69) is 12.1 Å². The van der Waals surface area contributed by atoms with E-state index in [1.165, 1.54) is 0 Å². The molecule has 0 aliphatic carbocycles. The maximum Gasteiger partial charge on any atom is 0.163 e. The fourth-order valence-corrected chi connectivity index (χ4v) is 3.01. The molecule has 0 radical (unpaired) electrons. The first-order valence-electron chi connectivity index (χ1n) is 8.15. The minimum absolute atomic E-state index is 0.00642. The van der Waals surface area contributed by atoms with Gasteiger partial charge in [0.15, 0.2) is 5.78 Å². The van der Waals surface area contributed by atoms with Crippen LogP contribution >= 0.6 is 11.6 Å². The first kappa shape index (κ1) is 17.2. The monoisotopic (exact) mass is 350 g/mol. The van der Waals surface area contributed by atoms with Gasteiger partial charge in [-0.15, -0.1) is 0 Å². The number of rotatable bonds is 6. The molecular formula is C22H19ClO2. The van der Waals surface area contributed by atoms with Gasteiger partial charge < -0.3 is 4.74 Å². The lowest BCUT2D eigenvalue weighted by Gasteiger charge is -2.18. The second-order valence-electron chi connectivity index (χ2n) is 5.87. The molecule has 1 unspecified atom stereocenters. The maximum absolute atomic E-state index is 12.8. The summed E-state index contributed by atoms with van der Waals surface area (Å²) in [4.78, 5) is 12.8. The van der Waals surface area contributed by atoms with Crippen LogP contribution in [0.2, 0.25) is 5.02 Å². The Kier molecular flexibility index (Phi) is 5.52. The van der Waals surface area contributed by atoms with Crippen molar-refractivity contribution in [2.45, 2.75) is 12.3 Å². The van der Waals surface area contributed by atoms with Crippen molar-refractivity contribution < 1.29 is 9.53 Å². The summed E-state index contributed by atoms with van der Waals surface area (Å²) in [6, 6.07) is 25.0. The number of Topliss-reactive ketones (excluding diaryl/α,β-unsaturated/α-hetero) is 1. The second-order valence-corrected chi connectivity index (χ2v) is 6.31. The topological polar surface area (TPSA) is 26.3 Å². The van der Waals surface area contributed by atoms with Gasteiger partial charge in [0.05, 0.1) is 7.11 Å². The number of carbonyl (C=O) groups excluding carboxylic acids is 1. The zero-order valence-electron chi connectivity index (χ0n) is 14.0. The molecule has 3 heteroatoms. The van der Waals surface area contributed by atoms with Crippen molar-refractivity contribution in [1.29, 1.82) is 0 Å². The number of benzene rings is 3. The highest BCUT2D eigenvalue weighted by atomic mass is 35.5. The third kappa shape index (κ3) is 4.28. The van der Waals surface area contributed by atoms with E-state index in [0.29, 0.717) is 17.0 Å². The normalized spacial score (nSPS) is 11.8. The molecule has 3 aromatic rings. The molecule has 2 nitrogen and oxygen atoms in total. The van der Waals surface area contributed by atoms with Crippen LogP contribution in [0, 0.1) is 0 Å². The number of ether oxygens (including phenoxy) is 1. The van der Waals surface area contributed by atoms with Crippen molar-refractivity contribution in [3.8, 4) is 5.75 Å². The van der Waals surface area contributed by atoms with Gasteiger partial charge in [-0.25, -0.2) is 0 Å². The fourth-order valence-electron chi connectivity index (χ4n) is 2.89. The van der Waals surface area contributed by atoms with Crippen LogP contribution < -0.4 is 4.74 Å². The molecule has 1 atom stereocenters. The number of hydrogen-bond acceptors (Lipinski definition) is 2. The summed E-state index contributed by atoms with van der Waals surface area (Å²) >= 11 is 6.01. The van der Waals surface area contributed by atoms with Crippen molar-refractivity contribution >= 4 is 17.4 Å². The van der Waals surface area contributed by atoms with Gasteiger partial charge in [0.2, 0.25) is 0 Å². The zero-order chi connectivity index (χ0) is 17.6. The van der Waals surface area contributed by atoms with Gasteiger partial charge in [0.1, 0.15) is 5.75 Å². The third-order valence-electron chi connectivity index (χ3n) is 4.28. The van der Waals surface area contributed by atoms with E-state index in [1.54, 1.807) is 7.11 Å². The standard InChI is InChI=1S/C22H19ClO2/c1-25-20-13-9-18(10-14-20)22(24)15-21(16-5-3-2-4-6-16)17-7-11-19(23)12-8-17/h2-14,21H,15H2,1H3. The van der Waals surface area contributed by atoms with Crippen molar-refractivity contribution in [1.82, 2.24) is 0 Å². The Bertz CT molecular complexity index is 824. The SMILES string of the molecule is COc1ccc(C(=O)CC(c2ccccc2)c2ccc(Cl)cc2)cc1. The Morgan fingerprint density at radius 2 is 1.48 bits per heavy atom. The molecule has 0 fully saturated rings. The lowest BCUT2D eigenvalue weighted by Crippen LogP contribution is -2.09. The first-order chi connectivity index (χ1) is 12.2. The molecule has 3 aromatic carbocycles. The zero-order valence-corrected chi connectivity index (χ0v) is 14.7. The molecule has 0 saturated heterocycles. The van der Waals surface area contributed by atoms with Crippen LogP contribution in [-0.2, 0) is 0 Å². The van der Waals surface area contributed by atoms with E-state index in [9.17, 15) is 4.79 Å².